The van der Waals surface area contributed by atoms with Gasteiger partial charge in [-0.15, -0.1) is 5.10 Å². The Bertz CT molecular complexity index is 1150. The topological polar surface area (TPSA) is 183 Å². The molecule has 1 aliphatic heterocycles. The van der Waals surface area contributed by atoms with E-state index in [0.717, 1.165) is 37.1 Å². The number of nitrogen functional groups attached to an aromatic ring is 1. The van der Waals surface area contributed by atoms with Crippen molar-refractivity contribution >= 4 is 34.3 Å². The lowest BCUT2D eigenvalue weighted by Gasteiger charge is -2.33. The lowest BCUT2D eigenvalue weighted by Crippen LogP contribution is -2.38. The monoisotopic (exact) mass is 460 g/mol. The Morgan fingerprint density at radius 2 is 2.31 bits per heavy atom. The van der Waals surface area contributed by atoms with E-state index in [1.165, 1.54) is 23.0 Å². The van der Waals surface area contributed by atoms with Crippen LogP contribution in [0, 0.1) is 10.1 Å². The summed E-state index contributed by atoms with van der Waals surface area (Å²) >= 11 is 0.941. The van der Waals surface area contributed by atoms with Crippen molar-refractivity contribution in [2.45, 2.75) is 38.8 Å². The van der Waals surface area contributed by atoms with Crippen molar-refractivity contribution in [2.75, 3.05) is 12.3 Å². The molecule has 32 heavy (non-hydrogen) atoms. The van der Waals surface area contributed by atoms with E-state index in [1.54, 1.807) is 0 Å². The lowest BCUT2D eigenvalue weighted by molar-refractivity contribution is -0.380. The number of nitro groups is 1. The van der Waals surface area contributed by atoms with Crippen molar-refractivity contribution < 1.29 is 14.3 Å². The van der Waals surface area contributed by atoms with Crippen molar-refractivity contribution in [3.8, 4) is 5.82 Å². The fourth-order valence-electron chi connectivity index (χ4n) is 3.43. The van der Waals surface area contributed by atoms with Gasteiger partial charge in [0.05, 0.1) is 21.7 Å². The average molecular weight is 460 g/mol. The number of thiophene rings is 1. The summed E-state index contributed by atoms with van der Waals surface area (Å²) in [4.78, 5) is 25.8. The molecule has 15 heteroatoms. The zero-order chi connectivity index (χ0) is 22.7. The molecule has 1 fully saturated rings. The van der Waals surface area contributed by atoms with Gasteiger partial charge in [0.2, 0.25) is 11.6 Å². The first-order valence-corrected chi connectivity index (χ1v) is 10.6. The second-order valence-electron chi connectivity index (χ2n) is 7.22. The molecule has 4 heterocycles. The molecule has 0 aromatic carbocycles. The van der Waals surface area contributed by atoms with E-state index in [0.29, 0.717) is 23.2 Å². The molecule has 1 unspecified atom stereocenters. The summed E-state index contributed by atoms with van der Waals surface area (Å²) in [6, 6.07) is 3.23. The number of rotatable bonds is 7. The quantitative estimate of drug-likeness (QED) is 0.296. The van der Waals surface area contributed by atoms with Gasteiger partial charge in [-0.1, -0.05) is 23.0 Å². The molecule has 0 bridgehead atoms. The Balaban J connectivity index is 1.57. The molecule has 3 aromatic rings. The molecule has 14 nitrogen and oxygen atoms in total. The van der Waals surface area contributed by atoms with Crippen LogP contribution in [0.15, 0.2) is 21.9 Å². The van der Waals surface area contributed by atoms with Gasteiger partial charge in [0.25, 0.3) is 5.91 Å². The molecule has 1 aliphatic rings. The predicted octanol–water partition coefficient (Wildman–Crippen LogP) is 1.34. The fraction of sp³-hybridized carbons (Fsp3) is 0.412. The third kappa shape index (κ3) is 4.47. The number of nitrogens with zero attached hydrogens (tertiary/aromatic N) is 8. The van der Waals surface area contributed by atoms with Gasteiger partial charge < -0.3 is 5.73 Å². The maximum absolute atomic E-state index is 12.8. The van der Waals surface area contributed by atoms with Crippen molar-refractivity contribution in [2.24, 2.45) is 5.10 Å². The van der Waals surface area contributed by atoms with E-state index in [2.05, 4.69) is 47.6 Å². The van der Waals surface area contributed by atoms with Crippen LogP contribution in [0.4, 0.5) is 10.8 Å². The molecule has 0 radical (unpaired) electrons. The van der Waals surface area contributed by atoms with E-state index in [4.69, 9.17) is 5.73 Å². The van der Waals surface area contributed by atoms with Crippen LogP contribution < -0.4 is 11.2 Å². The minimum absolute atomic E-state index is 0.0162. The first kappa shape index (κ1) is 21.5. The summed E-state index contributed by atoms with van der Waals surface area (Å²) in [5.41, 5.74) is 8.73. The highest BCUT2D eigenvalue weighted by atomic mass is 32.1. The normalized spacial score (nSPS) is 17.1. The molecule has 3 aromatic heterocycles. The number of hydrogen-bond acceptors (Lipinski definition) is 12. The summed E-state index contributed by atoms with van der Waals surface area (Å²) < 4.78 is 6.01. The van der Waals surface area contributed by atoms with Gasteiger partial charge >= 0.3 is 5.00 Å². The van der Waals surface area contributed by atoms with Gasteiger partial charge in [-0.3, -0.25) is 19.8 Å². The predicted molar refractivity (Wildman–Crippen MR) is 113 cm³/mol. The zero-order valence-electron chi connectivity index (χ0n) is 17.0. The Labute approximate surface area is 185 Å². The van der Waals surface area contributed by atoms with E-state index in [9.17, 15) is 14.9 Å². The Kier molecular flexibility index (Phi) is 6.18. The van der Waals surface area contributed by atoms with Crippen LogP contribution in [0.5, 0.6) is 0 Å². The van der Waals surface area contributed by atoms with Crippen LogP contribution in [0.25, 0.3) is 5.82 Å². The molecular weight excluding hydrogens is 440 g/mol. The third-order valence-electron chi connectivity index (χ3n) is 5.12. The van der Waals surface area contributed by atoms with Crippen LogP contribution >= 0.6 is 11.3 Å². The number of nitrogens with two attached hydrogens (primary N) is 1. The van der Waals surface area contributed by atoms with E-state index < -0.39 is 10.8 Å². The molecule has 4 rings (SSSR count). The summed E-state index contributed by atoms with van der Waals surface area (Å²) in [7, 11) is 0. The number of aromatic nitrogens is 5. The number of amides is 1. The second-order valence-corrected chi connectivity index (χ2v) is 8.31. The van der Waals surface area contributed by atoms with Gasteiger partial charge in [-0.25, -0.2) is 10.1 Å². The minimum atomic E-state index is -0.590. The number of nitrogens with one attached hydrogen (secondary N) is 1. The first-order valence-electron chi connectivity index (χ1n) is 9.78. The highest BCUT2D eigenvalue weighted by Gasteiger charge is 2.28. The van der Waals surface area contributed by atoms with Crippen molar-refractivity contribution in [1.29, 1.82) is 0 Å². The van der Waals surface area contributed by atoms with Gasteiger partial charge in [-0.05, 0) is 42.7 Å². The van der Waals surface area contributed by atoms with Crippen LogP contribution in [0.1, 0.15) is 47.2 Å². The van der Waals surface area contributed by atoms with E-state index in [-0.39, 0.29) is 22.3 Å². The summed E-state index contributed by atoms with van der Waals surface area (Å²) in [5.74, 6) is -0.425. The average Bonchev–Trinajstić information content (AvgIpc) is 3.49. The molecule has 168 valence electrons. The molecule has 0 saturated carbocycles. The number of carbonyl (C=O) groups excluding carboxylic acids is 1. The second kappa shape index (κ2) is 9.19. The zero-order valence-corrected chi connectivity index (χ0v) is 17.9. The maximum Gasteiger partial charge on any atom is 0.324 e. The maximum atomic E-state index is 12.8. The number of carbonyl (C=O) groups is 1. The highest BCUT2D eigenvalue weighted by molar-refractivity contribution is 7.16. The number of hydrazone groups is 1. The summed E-state index contributed by atoms with van der Waals surface area (Å²) in [5, 5.41) is 30.0. The molecule has 0 aliphatic carbocycles. The van der Waals surface area contributed by atoms with Crippen molar-refractivity contribution in [1.82, 2.24) is 35.6 Å². The number of anilines is 1. The van der Waals surface area contributed by atoms with E-state index >= 15 is 0 Å². The van der Waals surface area contributed by atoms with E-state index in [1.807, 2.05) is 0 Å². The molecule has 1 amide bonds. The number of likely N-dealkylation sites (tertiary alicyclic amines) is 1. The Morgan fingerprint density at radius 3 is 3.00 bits per heavy atom. The van der Waals surface area contributed by atoms with Crippen LogP contribution in [0.3, 0.4) is 0 Å². The SMILES string of the molecule is CC1CCCCN1Cc1c(C(=O)N/N=C\c2ccc([N+](=O)[O-])s2)nnn1-c1nonc1N. The number of hydrogen-bond donors (Lipinski definition) is 2. The summed E-state index contributed by atoms with van der Waals surface area (Å²) in [6.45, 7) is 3.39. The van der Waals surface area contributed by atoms with Crippen LogP contribution in [-0.4, -0.2) is 59.8 Å². The smallest absolute Gasteiger partial charge is 0.324 e. The van der Waals surface area contributed by atoms with Crippen LogP contribution in [0.2, 0.25) is 0 Å². The molecule has 1 atom stereocenters. The minimum Gasteiger partial charge on any atom is -0.378 e. The molecule has 1 saturated heterocycles. The van der Waals surface area contributed by atoms with Gasteiger partial charge in [0, 0.05) is 18.7 Å². The van der Waals surface area contributed by atoms with Crippen LogP contribution in [-0.2, 0) is 6.54 Å². The standard InChI is InChI=1S/C17H20N10O4S/c1-10-4-2-3-7-25(10)9-12-14(20-24-26(12)16-15(18)22-31-23-16)17(28)21-19-8-11-5-6-13(32-11)27(29)30/h5-6,8,10H,2-4,7,9H2,1H3,(H2,18,22)(H,21,28)/b19-8-. The largest absolute Gasteiger partial charge is 0.378 e. The highest BCUT2D eigenvalue weighted by Crippen LogP contribution is 2.23. The van der Waals surface area contributed by atoms with Crippen molar-refractivity contribution in [3.63, 3.8) is 0 Å². The fourth-order valence-corrected chi connectivity index (χ4v) is 4.12. The molecular formula is C17H20N10O4S. The van der Waals surface area contributed by atoms with Gasteiger partial charge in [0.15, 0.2) is 5.69 Å². The van der Waals surface area contributed by atoms with Crippen molar-refractivity contribution in [3.05, 3.63) is 38.5 Å². The first-order chi connectivity index (χ1) is 15.4. The molecule has 0 spiro atoms. The Hall–Kier alpha value is -3.72. The van der Waals surface area contributed by atoms with Gasteiger partial charge in [0.1, 0.15) is 0 Å². The summed E-state index contributed by atoms with van der Waals surface area (Å²) in [6.07, 6.45) is 4.58. The van der Waals surface area contributed by atoms with Gasteiger partial charge in [-0.2, -0.15) is 9.78 Å². The third-order valence-corrected chi connectivity index (χ3v) is 6.09. The molecule has 3 N–H and O–H groups in total. The number of piperidine rings is 1. The Morgan fingerprint density at radius 1 is 1.47 bits per heavy atom. The lowest BCUT2D eigenvalue weighted by atomic mass is 10.0.